The molecule has 2 aromatic rings. The Hall–Kier alpha value is -1.52. The zero-order valence-corrected chi connectivity index (χ0v) is 12.2. The molecule has 0 atom stereocenters. The van der Waals surface area contributed by atoms with Crippen molar-refractivity contribution in [1.29, 1.82) is 0 Å². The van der Waals surface area contributed by atoms with Crippen molar-refractivity contribution in [2.75, 3.05) is 20.2 Å². The zero-order valence-electron chi connectivity index (χ0n) is 11.3. The van der Waals surface area contributed by atoms with Crippen LogP contribution in [0.4, 0.5) is 0 Å². The van der Waals surface area contributed by atoms with Crippen LogP contribution in [0, 0.1) is 0 Å². The van der Waals surface area contributed by atoms with Gasteiger partial charge in [-0.2, -0.15) is 0 Å². The first-order valence-corrected chi connectivity index (χ1v) is 6.60. The van der Waals surface area contributed by atoms with E-state index >= 15 is 0 Å². The highest BCUT2D eigenvalue weighted by Gasteiger charge is 2.19. The Bertz CT molecular complexity index is 602. The highest BCUT2D eigenvalue weighted by atomic mass is 35.5. The maximum atomic E-state index is 11.5. The Kier molecular flexibility index (Phi) is 4.68. The van der Waals surface area contributed by atoms with Gasteiger partial charge in [-0.15, -0.1) is 12.4 Å². The molecule has 0 radical (unpaired) electrons. The molecule has 2 heterocycles. The Labute approximate surface area is 123 Å². The van der Waals surface area contributed by atoms with E-state index in [1.807, 2.05) is 12.1 Å². The molecule has 20 heavy (non-hydrogen) atoms. The molecule has 3 rings (SSSR count). The molecule has 1 aliphatic rings. The molecule has 0 amide bonds. The summed E-state index contributed by atoms with van der Waals surface area (Å²) >= 11 is 0. The van der Waals surface area contributed by atoms with Crippen molar-refractivity contribution in [3.05, 3.63) is 35.6 Å². The number of nitrogens with one attached hydrogen (secondary N) is 1. The molecule has 1 aliphatic heterocycles. The van der Waals surface area contributed by atoms with E-state index in [4.69, 9.17) is 9.15 Å². The molecule has 0 bridgehead atoms. The van der Waals surface area contributed by atoms with Gasteiger partial charge in [-0.05, 0) is 50.2 Å². The molecule has 0 spiro atoms. The van der Waals surface area contributed by atoms with Crippen LogP contribution in [-0.4, -0.2) is 26.2 Å². The van der Waals surface area contributed by atoms with Crippen molar-refractivity contribution in [3.8, 4) is 0 Å². The number of hydrogen-bond acceptors (Lipinski definition) is 4. The van der Waals surface area contributed by atoms with Gasteiger partial charge in [0.05, 0.1) is 12.7 Å². The number of furan rings is 1. The Morgan fingerprint density at radius 1 is 1.30 bits per heavy atom. The lowest BCUT2D eigenvalue weighted by molar-refractivity contribution is 0.0601. The molecule has 1 saturated heterocycles. The quantitative estimate of drug-likeness (QED) is 0.865. The van der Waals surface area contributed by atoms with Crippen molar-refractivity contribution in [2.45, 2.75) is 18.8 Å². The van der Waals surface area contributed by atoms with Crippen molar-refractivity contribution >= 4 is 29.3 Å². The van der Waals surface area contributed by atoms with Gasteiger partial charge < -0.3 is 14.5 Å². The maximum absolute atomic E-state index is 11.5. The van der Waals surface area contributed by atoms with Crippen molar-refractivity contribution in [3.63, 3.8) is 0 Å². The van der Waals surface area contributed by atoms with E-state index in [2.05, 4.69) is 11.4 Å². The number of fused-ring (bicyclic) bond motifs is 1. The van der Waals surface area contributed by atoms with Gasteiger partial charge in [0, 0.05) is 11.3 Å². The highest BCUT2D eigenvalue weighted by molar-refractivity contribution is 5.94. The summed E-state index contributed by atoms with van der Waals surface area (Å²) in [6.45, 7) is 2.07. The fourth-order valence-corrected chi connectivity index (χ4v) is 2.62. The number of halogens is 1. The summed E-state index contributed by atoms with van der Waals surface area (Å²) in [7, 11) is 1.39. The first kappa shape index (κ1) is 14.9. The van der Waals surface area contributed by atoms with Gasteiger partial charge >= 0.3 is 5.97 Å². The lowest BCUT2D eigenvalue weighted by atomic mass is 9.95. The van der Waals surface area contributed by atoms with Crippen molar-refractivity contribution in [1.82, 2.24) is 5.32 Å². The third kappa shape index (κ3) is 2.81. The minimum Gasteiger partial charge on any atom is -0.465 e. The van der Waals surface area contributed by atoms with E-state index in [1.165, 1.54) is 7.11 Å². The lowest BCUT2D eigenvalue weighted by Crippen LogP contribution is -2.26. The third-order valence-corrected chi connectivity index (χ3v) is 3.70. The zero-order chi connectivity index (χ0) is 13.2. The molecule has 1 aromatic carbocycles. The van der Waals surface area contributed by atoms with Crippen LogP contribution in [0.15, 0.2) is 28.7 Å². The number of hydrogen-bond donors (Lipinski definition) is 1. The summed E-state index contributed by atoms with van der Waals surface area (Å²) in [6.07, 6.45) is 2.20. The van der Waals surface area contributed by atoms with Crippen molar-refractivity contribution < 1.29 is 13.9 Å². The molecule has 4 nitrogen and oxygen atoms in total. The van der Waals surface area contributed by atoms with Crippen LogP contribution in [-0.2, 0) is 4.74 Å². The average molecular weight is 296 g/mol. The Morgan fingerprint density at radius 2 is 2.05 bits per heavy atom. The minimum atomic E-state index is -0.313. The first-order valence-electron chi connectivity index (χ1n) is 6.60. The second-order valence-corrected chi connectivity index (χ2v) is 4.92. The van der Waals surface area contributed by atoms with E-state index in [1.54, 1.807) is 6.07 Å². The normalized spacial score (nSPS) is 15.8. The molecule has 0 aliphatic carbocycles. The van der Waals surface area contributed by atoms with Crippen LogP contribution < -0.4 is 5.32 Å². The fraction of sp³-hybridized carbons (Fsp3) is 0.400. The van der Waals surface area contributed by atoms with Gasteiger partial charge in [0.25, 0.3) is 0 Å². The van der Waals surface area contributed by atoms with E-state index in [0.717, 1.165) is 42.7 Å². The lowest BCUT2D eigenvalue weighted by Gasteiger charge is -2.20. The second-order valence-electron chi connectivity index (χ2n) is 4.92. The SMILES string of the molecule is COC(=O)c1ccc2oc(C3CCNCC3)cc2c1.Cl. The van der Waals surface area contributed by atoms with Gasteiger partial charge in [0.2, 0.25) is 0 Å². The standard InChI is InChI=1S/C15H17NO3.ClH/c1-18-15(17)11-2-3-13-12(8-11)9-14(19-13)10-4-6-16-7-5-10;/h2-3,8-10,16H,4-7H2,1H3;1H. The summed E-state index contributed by atoms with van der Waals surface area (Å²) in [5, 5.41) is 4.32. The number of esters is 1. The van der Waals surface area contributed by atoms with E-state index in [-0.39, 0.29) is 18.4 Å². The minimum absolute atomic E-state index is 0. The average Bonchev–Trinajstić information content (AvgIpc) is 2.90. The maximum Gasteiger partial charge on any atom is 0.337 e. The molecular formula is C15H18ClNO3. The molecular weight excluding hydrogens is 278 g/mol. The number of carbonyl (C=O) groups is 1. The Balaban J connectivity index is 0.00000147. The van der Waals surface area contributed by atoms with E-state index < -0.39 is 0 Å². The van der Waals surface area contributed by atoms with Crippen LogP contribution in [0.1, 0.15) is 34.9 Å². The molecule has 1 fully saturated rings. The van der Waals surface area contributed by atoms with Crippen molar-refractivity contribution in [2.24, 2.45) is 0 Å². The summed E-state index contributed by atoms with van der Waals surface area (Å²) < 4.78 is 10.6. The summed E-state index contributed by atoms with van der Waals surface area (Å²) in [5.41, 5.74) is 1.40. The molecule has 1 aromatic heterocycles. The predicted octanol–water partition coefficient (Wildman–Crippen LogP) is 3.11. The van der Waals surface area contributed by atoms with Crippen LogP contribution in [0.25, 0.3) is 11.0 Å². The molecule has 5 heteroatoms. The number of ether oxygens (including phenoxy) is 1. The van der Waals surface area contributed by atoms with Crippen LogP contribution in [0.5, 0.6) is 0 Å². The van der Waals surface area contributed by atoms with Gasteiger partial charge in [-0.1, -0.05) is 0 Å². The monoisotopic (exact) mass is 295 g/mol. The fourth-order valence-electron chi connectivity index (χ4n) is 2.62. The number of piperidine rings is 1. The van der Waals surface area contributed by atoms with Crippen LogP contribution in [0.3, 0.4) is 0 Å². The Morgan fingerprint density at radius 3 is 2.75 bits per heavy atom. The highest BCUT2D eigenvalue weighted by Crippen LogP contribution is 2.31. The van der Waals surface area contributed by atoms with Gasteiger partial charge in [0.1, 0.15) is 11.3 Å². The third-order valence-electron chi connectivity index (χ3n) is 3.70. The molecule has 108 valence electrons. The largest absolute Gasteiger partial charge is 0.465 e. The molecule has 1 N–H and O–H groups in total. The van der Waals surface area contributed by atoms with E-state index in [9.17, 15) is 4.79 Å². The summed E-state index contributed by atoms with van der Waals surface area (Å²) in [4.78, 5) is 11.5. The number of carbonyl (C=O) groups excluding carboxylic acids is 1. The van der Waals surface area contributed by atoms with Gasteiger partial charge in [-0.25, -0.2) is 4.79 Å². The van der Waals surface area contributed by atoms with Crippen LogP contribution in [0.2, 0.25) is 0 Å². The molecule has 0 unspecified atom stereocenters. The van der Waals surface area contributed by atoms with Crippen LogP contribution >= 0.6 is 12.4 Å². The smallest absolute Gasteiger partial charge is 0.337 e. The second kappa shape index (κ2) is 6.29. The molecule has 0 saturated carbocycles. The number of rotatable bonds is 2. The van der Waals surface area contributed by atoms with Gasteiger partial charge in [-0.3, -0.25) is 0 Å². The van der Waals surface area contributed by atoms with Gasteiger partial charge in [0.15, 0.2) is 0 Å². The summed E-state index contributed by atoms with van der Waals surface area (Å²) in [6, 6.07) is 7.46. The topological polar surface area (TPSA) is 51.5 Å². The first-order chi connectivity index (χ1) is 9.28. The number of methoxy groups -OCH3 is 1. The number of benzene rings is 1. The van der Waals surface area contributed by atoms with E-state index in [0.29, 0.717) is 11.5 Å². The predicted molar refractivity (Wildman–Crippen MR) is 79.6 cm³/mol. The summed E-state index contributed by atoms with van der Waals surface area (Å²) in [5.74, 6) is 1.19.